The highest BCUT2D eigenvalue weighted by atomic mass is 19.4. The minimum absolute atomic E-state index is 0.0361. The molecule has 1 atom stereocenters. The lowest BCUT2D eigenvalue weighted by Gasteiger charge is -2.21. The van der Waals surface area contributed by atoms with Crippen molar-refractivity contribution in [2.24, 2.45) is 0 Å². The van der Waals surface area contributed by atoms with Gasteiger partial charge in [-0.2, -0.15) is 13.2 Å². The molecule has 0 aliphatic rings. The van der Waals surface area contributed by atoms with E-state index in [2.05, 4.69) is 15.3 Å². The molecular weight excluding hydrogens is 286 g/mol. The van der Waals surface area contributed by atoms with Crippen LogP contribution in [0.3, 0.4) is 0 Å². The quantitative estimate of drug-likeness (QED) is 0.880. The summed E-state index contributed by atoms with van der Waals surface area (Å²) in [5.41, 5.74) is -0.516. The smallest absolute Gasteiger partial charge is 0.305 e. The molecule has 0 spiro atoms. The van der Waals surface area contributed by atoms with Crippen molar-refractivity contribution in [1.29, 1.82) is 0 Å². The van der Waals surface area contributed by atoms with Crippen molar-refractivity contribution in [1.82, 2.24) is 15.3 Å². The molecule has 21 heavy (non-hydrogen) atoms. The van der Waals surface area contributed by atoms with Crippen LogP contribution in [0.1, 0.15) is 29.8 Å². The van der Waals surface area contributed by atoms with Crippen molar-refractivity contribution in [2.45, 2.75) is 19.1 Å². The van der Waals surface area contributed by atoms with Gasteiger partial charge in [0.1, 0.15) is 5.82 Å². The number of rotatable bonds is 4. The third-order valence-electron chi connectivity index (χ3n) is 2.92. The van der Waals surface area contributed by atoms with Crippen molar-refractivity contribution in [3.05, 3.63) is 59.4 Å². The van der Waals surface area contributed by atoms with Gasteiger partial charge in [-0.05, 0) is 24.7 Å². The number of hydrogen-bond donors (Lipinski definition) is 1. The summed E-state index contributed by atoms with van der Waals surface area (Å²) in [4.78, 5) is 7.63. The summed E-state index contributed by atoms with van der Waals surface area (Å²) < 4.78 is 52.2. The third-order valence-corrected chi connectivity index (χ3v) is 2.92. The zero-order chi connectivity index (χ0) is 15.5. The molecule has 2 rings (SSSR count). The van der Waals surface area contributed by atoms with Crippen LogP contribution in [0.15, 0.2) is 36.8 Å². The molecule has 0 bridgehead atoms. The topological polar surface area (TPSA) is 37.8 Å². The summed E-state index contributed by atoms with van der Waals surface area (Å²) in [6.45, 7) is 2.19. The van der Waals surface area contributed by atoms with Crippen molar-refractivity contribution in [3.63, 3.8) is 0 Å². The van der Waals surface area contributed by atoms with E-state index in [1.165, 1.54) is 6.07 Å². The maximum absolute atomic E-state index is 13.1. The number of hydrogen-bond acceptors (Lipinski definition) is 3. The van der Waals surface area contributed by atoms with Gasteiger partial charge in [0, 0.05) is 18.0 Å². The van der Waals surface area contributed by atoms with Gasteiger partial charge < -0.3 is 5.32 Å². The van der Waals surface area contributed by atoms with Crippen molar-refractivity contribution < 1.29 is 17.6 Å². The summed E-state index contributed by atoms with van der Waals surface area (Å²) in [5.74, 6) is -0.545. The van der Waals surface area contributed by atoms with Crippen LogP contribution in [0.5, 0.6) is 0 Å². The number of alkyl halides is 3. The second kappa shape index (κ2) is 6.17. The second-order valence-electron chi connectivity index (χ2n) is 4.35. The van der Waals surface area contributed by atoms with Gasteiger partial charge in [0.05, 0.1) is 23.5 Å². The molecule has 0 saturated carbocycles. The van der Waals surface area contributed by atoms with Crippen LogP contribution in [0.2, 0.25) is 0 Å². The summed E-state index contributed by atoms with van der Waals surface area (Å²) >= 11 is 0. The fraction of sp³-hybridized carbons (Fsp3) is 0.286. The van der Waals surface area contributed by atoms with Crippen LogP contribution in [-0.4, -0.2) is 16.5 Å². The molecule has 0 fully saturated rings. The standard InChI is InChI=1S/C14H13F4N3/c1-2-20-13(12-4-3-9(15)7-21-12)10-8-19-6-5-11(10)14(16,17)18/h3-8,13,20H,2H2,1H3. The maximum Gasteiger partial charge on any atom is 0.416 e. The Morgan fingerprint density at radius 1 is 1.19 bits per heavy atom. The van der Waals surface area contributed by atoms with E-state index in [0.29, 0.717) is 12.2 Å². The summed E-state index contributed by atoms with van der Waals surface area (Å²) in [6, 6.07) is 2.64. The van der Waals surface area contributed by atoms with Gasteiger partial charge in [-0.15, -0.1) is 0 Å². The SMILES string of the molecule is CCNC(c1ccc(F)cn1)c1cnccc1C(F)(F)F. The van der Waals surface area contributed by atoms with Crippen LogP contribution in [-0.2, 0) is 6.18 Å². The monoisotopic (exact) mass is 299 g/mol. The van der Waals surface area contributed by atoms with Gasteiger partial charge in [0.25, 0.3) is 0 Å². The van der Waals surface area contributed by atoms with Gasteiger partial charge in [-0.3, -0.25) is 9.97 Å². The summed E-state index contributed by atoms with van der Waals surface area (Å²) in [7, 11) is 0. The molecule has 0 aromatic carbocycles. The Labute approximate surface area is 119 Å². The van der Waals surface area contributed by atoms with E-state index in [-0.39, 0.29) is 5.56 Å². The second-order valence-corrected chi connectivity index (χ2v) is 4.35. The summed E-state index contributed by atoms with van der Waals surface area (Å²) in [5, 5.41) is 2.92. The van der Waals surface area contributed by atoms with Gasteiger partial charge in [-0.1, -0.05) is 6.92 Å². The highest BCUT2D eigenvalue weighted by molar-refractivity contribution is 5.34. The molecule has 0 saturated heterocycles. The molecule has 2 aromatic rings. The Bertz CT molecular complexity index is 596. The normalized spacial score (nSPS) is 13.2. The van der Waals surface area contributed by atoms with E-state index < -0.39 is 23.6 Å². The molecule has 112 valence electrons. The molecular formula is C14H13F4N3. The summed E-state index contributed by atoms with van der Waals surface area (Å²) in [6.07, 6.45) is -1.27. The van der Waals surface area contributed by atoms with E-state index in [4.69, 9.17) is 0 Å². The lowest BCUT2D eigenvalue weighted by atomic mass is 9.99. The number of pyridine rings is 2. The van der Waals surface area contributed by atoms with Crippen LogP contribution >= 0.6 is 0 Å². The minimum Gasteiger partial charge on any atom is -0.305 e. The predicted molar refractivity (Wildman–Crippen MR) is 69.0 cm³/mol. The van der Waals surface area contributed by atoms with Crippen molar-refractivity contribution in [2.75, 3.05) is 6.54 Å². The zero-order valence-corrected chi connectivity index (χ0v) is 11.2. The highest BCUT2D eigenvalue weighted by Gasteiger charge is 2.35. The number of aromatic nitrogens is 2. The van der Waals surface area contributed by atoms with E-state index in [0.717, 1.165) is 30.7 Å². The molecule has 1 N–H and O–H groups in total. The first-order valence-corrected chi connectivity index (χ1v) is 6.29. The highest BCUT2D eigenvalue weighted by Crippen LogP contribution is 2.35. The number of nitrogens with one attached hydrogen (secondary N) is 1. The average molecular weight is 299 g/mol. The van der Waals surface area contributed by atoms with Crippen LogP contribution in [0.25, 0.3) is 0 Å². The number of nitrogens with zero attached hydrogens (tertiary/aromatic N) is 2. The van der Waals surface area contributed by atoms with Gasteiger partial charge in [0.2, 0.25) is 0 Å². The first-order valence-electron chi connectivity index (χ1n) is 6.29. The van der Waals surface area contributed by atoms with E-state index >= 15 is 0 Å². The predicted octanol–water partition coefficient (Wildman–Crippen LogP) is 3.33. The van der Waals surface area contributed by atoms with Crippen LogP contribution in [0.4, 0.5) is 17.6 Å². The Morgan fingerprint density at radius 2 is 1.95 bits per heavy atom. The number of halogens is 4. The fourth-order valence-electron chi connectivity index (χ4n) is 2.03. The van der Waals surface area contributed by atoms with E-state index in [1.54, 1.807) is 6.92 Å². The Balaban J connectivity index is 2.51. The van der Waals surface area contributed by atoms with Gasteiger partial charge >= 0.3 is 6.18 Å². The molecule has 7 heteroatoms. The van der Waals surface area contributed by atoms with Gasteiger partial charge in [-0.25, -0.2) is 4.39 Å². The maximum atomic E-state index is 13.1. The molecule has 2 heterocycles. The molecule has 0 aliphatic carbocycles. The molecule has 0 amide bonds. The Morgan fingerprint density at radius 3 is 2.52 bits per heavy atom. The Hall–Kier alpha value is -2.02. The fourth-order valence-corrected chi connectivity index (χ4v) is 2.03. The first kappa shape index (κ1) is 15.4. The van der Waals surface area contributed by atoms with Crippen LogP contribution in [0, 0.1) is 5.82 Å². The zero-order valence-electron chi connectivity index (χ0n) is 11.2. The van der Waals surface area contributed by atoms with Crippen molar-refractivity contribution in [3.8, 4) is 0 Å². The largest absolute Gasteiger partial charge is 0.416 e. The molecule has 0 radical (unpaired) electrons. The van der Waals surface area contributed by atoms with Gasteiger partial charge in [0.15, 0.2) is 0 Å². The molecule has 1 unspecified atom stereocenters. The molecule has 3 nitrogen and oxygen atoms in total. The van der Waals surface area contributed by atoms with E-state index in [9.17, 15) is 17.6 Å². The minimum atomic E-state index is -4.49. The van der Waals surface area contributed by atoms with Crippen molar-refractivity contribution >= 4 is 0 Å². The van der Waals surface area contributed by atoms with Crippen LogP contribution < -0.4 is 5.32 Å². The average Bonchev–Trinajstić information content (AvgIpc) is 2.45. The third kappa shape index (κ3) is 3.55. The Kier molecular flexibility index (Phi) is 4.52. The lowest BCUT2D eigenvalue weighted by Crippen LogP contribution is -2.26. The first-order chi connectivity index (χ1) is 9.93. The molecule has 0 aliphatic heterocycles. The van der Waals surface area contributed by atoms with E-state index in [1.807, 2.05) is 0 Å². The lowest BCUT2D eigenvalue weighted by molar-refractivity contribution is -0.138. The molecule has 2 aromatic heterocycles.